The second-order valence-electron chi connectivity index (χ2n) is 1.32. The molecule has 0 aromatic carbocycles. The van der Waals surface area contributed by atoms with E-state index >= 15 is 0 Å². The number of hydrogen-bond acceptors (Lipinski definition) is 2. The molecular weight excluding hydrogens is 131 g/mol. The molecule has 4 heteroatoms. The number of carbonyl (C=O) groups is 1. The first-order valence-corrected chi connectivity index (χ1v) is 2.06. The molecule has 0 unspecified atom stereocenters. The van der Waals surface area contributed by atoms with Gasteiger partial charge in [-0.05, 0) is 6.07 Å². The van der Waals surface area contributed by atoms with Gasteiger partial charge in [0, 0.05) is 0 Å². The molecule has 44 valence electrons. The van der Waals surface area contributed by atoms with Gasteiger partial charge in [-0.1, -0.05) is 0 Å². The molecule has 0 atom stereocenters. The fraction of sp³-hybridized carbons (Fsp3) is 0. The van der Waals surface area contributed by atoms with Crippen LogP contribution in [0.5, 0.6) is 0 Å². The number of hydrogen-bond donors (Lipinski definition) is 1. The van der Waals surface area contributed by atoms with Crippen LogP contribution in [0.4, 0.5) is 0 Å². The third kappa shape index (κ3) is 2.22. The molecule has 0 saturated carbocycles. The molecule has 1 N–H and O–H groups in total. The van der Waals surface area contributed by atoms with Crippen LogP contribution in [0.1, 0.15) is 11.8 Å². The fourth-order valence-corrected chi connectivity index (χ4v) is 0.386. The molecule has 3 nitrogen and oxygen atoms in total. The van der Waals surface area contributed by atoms with Crippen molar-refractivity contribution in [3.63, 3.8) is 0 Å². The predicted octanol–water partition coefficient (Wildman–Crippen LogP) is -1.91. The van der Waals surface area contributed by atoms with Gasteiger partial charge in [-0.15, -0.1) is 0 Å². The van der Waals surface area contributed by atoms with Gasteiger partial charge in [0.25, 0.3) is 0 Å². The van der Waals surface area contributed by atoms with Gasteiger partial charge in [-0.25, -0.2) is 4.79 Å². The van der Waals surface area contributed by atoms with E-state index in [1.54, 1.807) is 0 Å². The summed E-state index contributed by atoms with van der Waals surface area (Å²) >= 11 is 0. The zero-order chi connectivity index (χ0) is 5.98. The van der Waals surface area contributed by atoms with Crippen LogP contribution in [0.25, 0.3) is 0 Å². The maximum absolute atomic E-state index is 10.0. The molecule has 1 aromatic rings. The Bertz CT molecular complexity index is 185. The van der Waals surface area contributed by atoms with E-state index in [0.29, 0.717) is 0 Å². The van der Waals surface area contributed by atoms with E-state index in [1.165, 1.54) is 18.6 Å². The van der Waals surface area contributed by atoms with Crippen molar-refractivity contribution in [3.8, 4) is 0 Å². The summed E-state index contributed by atoms with van der Waals surface area (Å²) < 4.78 is 4.49. The van der Waals surface area contributed by atoms with E-state index in [0.717, 1.165) is 0 Å². The minimum atomic E-state index is -0.959. The summed E-state index contributed by atoms with van der Waals surface area (Å²) in [5, 5.41) is 8.21. The summed E-state index contributed by atoms with van der Waals surface area (Å²) in [5.74, 6) is -0.959. The second kappa shape index (κ2) is 3.71. The largest absolute Gasteiger partial charge is 1.00 e. The molecule has 0 fully saturated rings. The minimum absolute atomic E-state index is 0. The third-order valence-corrected chi connectivity index (χ3v) is 0.768. The SMILES string of the molecule is O=C(O)c1ccoc1.[H-].[Na+]. The molecule has 0 bridgehead atoms. The summed E-state index contributed by atoms with van der Waals surface area (Å²) in [7, 11) is 0. The summed E-state index contributed by atoms with van der Waals surface area (Å²) in [5.41, 5.74) is 0.185. The van der Waals surface area contributed by atoms with Crippen molar-refractivity contribution in [2.75, 3.05) is 0 Å². The number of rotatable bonds is 1. The zero-order valence-corrected chi connectivity index (χ0v) is 7.00. The molecule has 0 aliphatic carbocycles. The summed E-state index contributed by atoms with van der Waals surface area (Å²) in [6, 6.07) is 1.39. The number of carboxylic acids is 1. The van der Waals surface area contributed by atoms with E-state index in [9.17, 15) is 4.79 Å². The Labute approximate surface area is 75.4 Å². The standard InChI is InChI=1S/C5H4O3.Na.H/c6-5(7)4-1-2-8-3-4;;/h1-3H,(H,6,7);;/q;+1;-1. The van der Waals surface area contributed by atoms with Crippen LogP contribution in [0.2, 0.25) is 0 Å². The molecule has 0 aliphatic rings. The Morgan fingerprint density at radius 1 is 1.78 bits per heavy atom. The van der Waals surface area contributed by atoms with Gasteiger partial charge >= 0.3 is 35.5 Å². The Hall–Kier alpha value is -0.250. The van der Waals surface area contributed by atoms with E-state index < -0.39 is 5.97 Å². The van der Waals surface area contributed by atoms with Crippen LogP contribution in [0.15, 0.2) is 23.0 Å². The number of aromatic carboxylic acids is 1. The molecule has 1 heterocycles. The van der Waals surface area contributed by atoms with Crippen molar-refractivity contribution >= 4 is 5.97 Å². The van der Waals surface area contributed by atoms with Gasteiger partial charge in [0.2, 0.25) is 0 Å². The van der Waals surface area contributed by atoms with E-state index in [-0.39, 0.29) is 36.5 Å². The van der Waals surface area contributed by atoms with Crippen LogP contribution in [0, 0.1) is 0 Å². The number of carboxylic acid groups (broad SMARTS) is 1. The van der Waals surface area contributed by atoms with Crippen molar-refractivity contribution in [1.82, 2.24) is 0 Å². The van der Waals surface area contributed by atoms with Crippen molar-refractivity contribution in [1.29, 1.82) is 0 Å². The van der Waals surface area contributed by atoms with E-state index in [2.05, 4.69) is 4.42 Å². The molecule has 0 saturated heterocycles. The van der Waals surface area contributed by atoms with Gasteiger partial charge in [-0.3, -0.25) is 0 Å². The van der Waals surface area contributed by atoms with Crippen molar-refractivity contribution < 1.29 is 45.3 Å². The predicted molar refractivity (Wildman–Crippen MR) is 26.8 cm³/mol. The van der Waals surface area contributed by atoms with E-state index in [4.69, 9.17) is 5.11 Å². The van der Waals surface area contributed by atoms with Gasteiger partial charge in [0.05, 0.1) is 11.8 Å². The van der Waals surface area contributed by atoms with Crippen LogP contribution >= 0.6 is 0 Å². The molecule has 1 rings (SSSR count). The molecule has 0 spiro atoms. The van der Waals surface area contributed by atoms with Gasteiger partial charge in [0.1, 0.15) is 6.26 Å². The van der Waals surface area contributed by atoms with Crippen molar-refractivity contribution in [2.24, 2.45) is 0 Å². The molecule has 0 aliphatic heterocycles. The maximum Gasteiger partial charge on any atom is 1.00 e. The Kier molecular flexibility index (Phi) is 3.61. The van der Waals surface area contributed by atoms with Crippen LogP contribution < -0.4 is 29.6 Å². The topological polar surface area (TPSA) is 50.4 Å². The first kappa shape index (κ1) is 8.75. The Morgan fingerprint density at radius 3 is 2.67 bits per heavy atom. The van der Waals surface area contributed by atoms with Crippen molar-refractivity contribution in [2.45, 2.75) is 0 Å². The van der Waals surface area contributed by atoms with Crippen molar-refractivity contribution in [3.05, 3.63) is 24.2 Å². The summed E-state index contributed by atoms with van der Waals surface area (Å²) in [6.45, 7) is 0. The van der Waals surface area contributed by atoms with Crippen LogP contribution in [-0.2, 0) is 0 Å². The smallest absolute Gasteiger partial charge is 1.00 e. The molecule has 0 radical (unpaired) electrons. The monoisotopic (exact) mass is 136 g/mol. The quantitative estimate of drug-likeness (QED) is 0.458. The Morgan fingerprint density at radius 2 is 2.44 bits per heavy atom. The van der Waals surface area contributed by atoms with Gasteiger partial charge in [-0.2, -0.15) is 0 Å². The number of furan rings is 1. The summed E-state index contributed by atoms with van der Waals surface area (Å²) in [6.07, 6.45) is 2.51. The Balaban J connectivity index is 0. The van der Waals surface area contributed by atoms with Gasteiger partial charge in [0.15, 0.2) is 0 Å². The fourth-order valence-electron chi connectivity index (χ4n) is 0.386. The van der Waals surface area contributed by atoms with Crippen LogP contribution in [-0.4, -0.2) is 11.1 Å². The minimum Gasteiger partial charge on any atom is -1.00 e. The molecule has 1 aromatic heterocycles. The van der Waals surface area contributed by atoms with Crippen LogP contribution in [0.3, 0.4) is 0 Å². The molecular formula is C5H5NaO3. The average molecular weight is 136 g/mol. The second-order valence-corrected chi connectivity index (χ2v) is 1.32. The third-order valence-electron chi connectivity index (χ3n) is 0.768. The zero-order valence-electron chi connectivity index (χ0n) is 6.00. The summed E-state index contributed by atoms with van der Waals surface area (Å²) in [4.78, 5) is 10.0. The first-order chi connectivity index (χ1) is 3.80. The molecule has 0 amide bonds. The van der Waals surface area contributed by atoms with Gasteiger partial charge < -0.3 is 11.0 Å². The first-order valence-electron chi connectivity index (χ1n) is 2.06. The van der Waals surface area contributed by atoms with E-state index in [1.807, 2.05) is 0 Å². The average Bonchev–Trinajstić information content (AvgIpc) is 2.12. The normalized spacial score (nSPS) is 8.00. The maximum atomic E-state index is 10.0. The molecule has 9 heavy (non-hydrogen) atoms.